The highest BCUT2D eigenvalue weighted by Gasteiger charge is 2.52. The summed E-state index contributed by atoms with van der Waals surface area (Å²) in [5.74, 6) is -4.11. The van der Waals surface area contributed by atoms with E-state index in [4.69, 9.17) is 20.9 Å². The summed E-state index contributed by atoms with van der Waals surface area (Å²) in [5, 5.41) is 2.22. The maximum atomic E-state index is 15.1. The van der Waals surface area contributed by atoms with E-state index in [1.165, 1.54) is 46.2 Å². The molecule has 4 aliphatic rings. The summed E-state index contributed by atoms with van der Waals surface area (Å²) in [7, 11) is 0. The van der Waals surface area contributed by atoms with Crippen molar-refractivity contribution >= 4 is 68.6 Å². The van der Waals surface area contributed by atoms with Gasteiger partial charge >= 0.3 is 24.0 Å². The number of halogens is 2. The van der Waals surface area contributed by atoms with Crippen LogP contribution < -0.4 is 31.1 Å². The number of anilines is 4. The molecular weight excluding hydrogens is 851 g/mol. The molecule has 2 saturated heterocycles. The molecule has 6 aromatic rings. The molecule has 66 heavy (non-hydrogen) atoms. The number of aromatic amines is 2. The van der Waals surface area contributed by atoms with Crippen LogP contribution in [0, 0.1) is 11.6 Å². The van der Waals surface area contributed by atoms with Crippen LogP contribution in [0.5, 0.6) is 0 Å². The first-order valence-electron chi connectivity index (χ1n) is 22.2. The molecule has 6 heterocycles. The van der Waals surface area contributed by atoms with Gasteiger partial charge in [-0.2, -0.15) is 0 Å². The Bertz CT molecular complexity index is 2660. The first-order valence-corrected chi connectivity index (χ1v) is 22.2. The molecule has 4 aliphatic heterocycles. The predicted molar refractivity (Wildman–Crippen MR) is 245 cm³/mol. The highest BCUT2D eigenvalue weighted by molar-refractivity contribution is 6.30. The maximum Gasteiger partial charge on any atom is 0.418 e. The summed E-state index contributed by atoms with van der Waals surface area (Å²) in [6.07, 6.45) is 3.95. The van der Waals surface area contributed by atoms with Gasteiger partial charge in [0, 0.05) is 135 Å². The normalized spacial score (nSPS) is 21.1. The van der Waals surface area contributed by atoms with Crippen LogP contribution in [0.3, 0.4) is 0 Å². The Hall–Kier alpha value is -7.18. The Morgan fingerprint density at radius 1 is 0.545 bits per heavy atom. The Kier molecular flexibility index (Phi) is 11.0. The summed E-state index contributed by atoms with van der Waals surface area (Å²) in [4.78, 5) is 72.1. The van der Waals surface area contributed by atoms with Crippen LogP contribution in [0.1, 0.15) is 24.0 Å². The van der Waals surface area contributed by atoms with E-state index in [0.717, 1.165) is 33.2 Å². The molecule has 2 atom stereocenters. The van der Waals surface area contributed by atoms with Crippen molar-refractivity contribution in [1.29, 1.82) is 0 Å². The summed E-state index contributed by atoms with van der Waals surface area (Å²) in [6, 6.07) is 22.4. The number of nitrogens with one attached hydrogen (secondary N) is 2. The van der Waals surface area contributed by atoms with Crippen LogP contribution in [0.4, 0.5) is 41.1 Å². The van der Waals surface area contributed by atoms with Crippen molar-refractivity contribution in [3.05, 3.63) is 120 Å². The third kappa shape index (κ3) is 7.99. The van der Waals surface area contributed by atoms with Crippen LogP contribution in [0.15, 0.2) is 97.3 Å². The van der Waals surface area contributed by atoms with Gasteiger partial charge in [-0.15, -0.1) is 0 Å². The van der Waals surface area contributed by atoms with E-state index in [1.54, 1.807) is 0 Å². The summed E-state index contributed by atoms with van der Waals surface area (Å²) < 4.78 is 42.6. The Balaban J connectivity index is 0.878. The summed E-state index contributed by atoms with van der Waals surface area (Å²) >= 11 is 0. The topological polar surface area (TPSA) is 190 Å². The number of primary amides is 2. The molecule has 2 unspecified atom stereocenters. The number of esters is 2. The minimum Gasteiger partial charge on any atom is -0.444 e. The van der Waals surface area contributed by atoms with Gasteiger partial charge in [0.1, 0.15) is 11.6 Å². The number of hydrogen-bond donors (Lipinski definition) is 4. The number of carbonyl (C=O) groups is 4. The number of benzene rings is 4. The Morgan fingerprint density at radius 2 is 0.955 bits per heavy atom. The number of carbonyl (C=O) groups excluding carboxylic acids is 4. The van der Waals surface area contributed by atoms with Crippen molar-refractivity contribution in [2.24, 2.45) is 11.5 Å². The standard InChI is InChI=1S/C48H50F2N10O6/c49-33-1-7-41-37(27-33)47(29-59(41)45(51)63,11-15-55-17-21-57(22-18-55)35-3-5-39-31(25-35)9-13-53-39)65-43(61)44(62)66-48(30-60(46(52)64)42-8-2-34(50)28-38(42)48)12-16-56-19-23-58(24-20-56)36-4-6-40-32(26-36)10-14-54-40/h1-10,13-14,25-28,53-54H,11-12,15-24,29-30H2,(H2,51,63)(H2,52,64). The van der Waals surface area contributed by atoms with Gasteiger partial charge in [0.15, 0.2) is 11.2 Å². The van der Waals surface area contributed by atoms with Crippen molar-refractivity contribution in [1.82, 2.24) is 19.8 Å². The molecule has 18 heteroatoms. The fourth-order valence-electron chi connectivity index (χ4n) is 10.2. The zero-order valence-corrected chi connectivity index (χ0v) is 36.2. The van der Waals surface area contributed by atoms with Gasteiger partial charge in [0.25, 0.3) is 0 Å². The molecule has 0 radical (unpaired) electrons. The van der Waals surface area contributed by atoms with E-state index in [-0.39, 0.29) is 48.4 Å². The third-order valence-corrected chi connectivity index (χ3v) is 13.8. The molecule has 2 fully saturated rings. The first-order chi connectivity index (χ1) is 31.9. The molecule has 4 aromatic carbocycles. The number of nitrogens with zero attached hydrogens (tertiary/aromatic N) is 6. The number of amides is 4. The van der Waals surface area contributed by atoms with E-state index >= 15 is 8.78 Å². The lowest BCUT2D eigenvalue weighted by atomic mass is 9.91. The highest BCUT2D eigenvalue weighted by Crippen LogP contribution is 2.47. The van der Waals surface area contributed by atoms with Gasteiger partial charge in [0.05, 0.1) is 24.5 Å². The van der Waals surface area contributed by atoms with Crippen LogP contribution in [-0.4, -0.2) is 122 Å². The average molecular weight is 901 g/mol. The van der Waals surface area contributed by atoms with Gasteiger partial charge in [-0.05, 0) is 84.9 Å². The lowest BCUT2D eigenvalue weighted by Crippen LogP contribution is -2.50. The molecular formula is C48H50F2N10O6. The fourth-order valence-corrected chi connectivity index (χ4v) is 10.2. The number of fused-ring (bicyclic) bond motifs is 4. The van der Waals surface area contributed by atoms with Crippen molar-refractivity contribution in [2.75, 3.05) is 98.1 Å². The van der Waals surface area contributed by atoms with E-state index in [1.807, 2.05) is 24.5 Å². The quantitative estimate of drug-likeness (QED) is 0.103. The minimum atomic E-state index is -1.71. The van der Waals surface area contributed by atoms with Gasteiger partial charge in [-0.1, -0.05) is 0 Å². The number of rotatable bonds is 10. The van der Waals surface area contributed by atoms with Crippen molar-refractivity contribution in [2.45, 2.75) is 24.0 Å². The van der Waals surface area contributed by atoms with Crippen LogP contribution in [0.25, 0.3) is 21.8 Å². The lowest BCUT2D eigenvalue weighted by molar-refractivity contribution is -0.187. The second-order valence-electron chi connectivity index (χ2n) is 17.6. The van der Waals surface area contributed by atoms with E-state index < -0.39 is 46.8 Å². The maximum absolute atomic E-state index is 15.1. The third-order valence-electron chi connectivity index (χ3n) is 13.8. The number of H-pyrrole nitrogens is 2. The van der Waals surface area contributed by atoms with Crippen molar-refractivity contribution in [3.8, 4) is 0 Å². The molecule has 342 valence electrons. The number of urea groups is 2. The van der Waals surface area contributed by atoms with E-state index in [2.05, 4.69) is 66.0 Å². The molecule has 16 nitrogen and oxygen atoms in total. The first kappa shape index (κ1) is 42.8. The second kappa shape index (κ2) is 17.0. The molecule has 6 N–H and O–H groups in total. The monoisotopic (exact) mass is 900 g/mol. The smallest absolute Gasteiger partial charge is 0.418 e. The number of ether oxygens (including phenoxy) is 2. The Labute approximate surface area is 378 Å². The van der Waals surface area contributed by atoms with E-state index in [0.29, 0.717) is 65.4 Å². The highest BCUT2D eigenvalue weighted by atomic mass is 19.1. The Morgan fingerprint density at radius 3 is 1.35 bits per heavy atom. The molecule has 0 saturated carbocycles. The van der Waals surface area contributed by atoms with Crippen molar-refractivity contribution < 1.29 is 37.4 Å². The molecule has 0 aliphatic carbocycles. The van der Waals surface area contributed by atoms with E-state index in [9.17, 15) is 19.2 Å². The second-order valence-corrected chi connectivity index (χ2v) is 17.6. The van der Waals surface area contributed by atoms with Crippen LogP contribution in [-0.2, 0) is 30.3 Å². The largest absolute Gasteiger partial charge is 0.444 e. The number of nitrogens with two attached hydrogens (primary N) is 2. The minimum absolute atomic E-state index is 0.0707. The number of piperazine rings is 2. The van der Waals surface area contributed by atoms with Crippen LogP contribution >= 0.6 is 0 Å². The molecule has 0 bridgehead atoms. The molecule has 4 amide bonds. The molecule has 2 aromatic heterocycles. The SMILES string of the molecule is NC(=O)N1CC(CCN2CCN(c3ccc4[nH]ccc4c3)CC2)(OC(=O)C(=O)OC2(CCN3CCN(c4ccc5[nH]ccc5c4)CC3)CN(C(N)=O)c3ccc(F)cc32)c2cc(F)ccc21. The van der Waals surface area contributed by atoms with Crippen LogP contribution in [0.2, 0.25) is 0 Å². The summed E-state index contributed by atoms with van der Waals surface area (Å²) in [5.41, 5.74) is 13.4. The molecule has 0 spiro atoms. The van der Waals surface area contributed by atoms with Gasteiger partial charge in [-0.3, -0.25) is 19.6 Å². The lowest BCUT2D eigenvalue weighted by Gasteiger charge is -2.39. The van der Waals surface area contributed by atoms with Crippen molar-refractivity contribution in [3.63, 3.8) is 0 Å². The van der Waals surface area contributed by atoms with Gasteiger partial charge in [-0.25, -0.2) is 28.0 Å². The average Bonchev–Trinajstić information content (AvgIpc) is 4.12. The predicted octanol–water partition coefficient (Wildman–Crippen LogP) is 5.33. The number of hydrogen-bond acceptors (Lipinski definition) is 10. The molecule has 10 rings (SSSR count). The zero-order chi connectivity index (χ0) is 45.7. The number of aromatic nitrogens is 2. The van der Waals surface area contributed by atoms with Gasteiger partial charge < -0.3 is 40.7 Å². The van der Waals surface area contributed by atoms with Gasteiger partial charge in [0.2, 0.25) is 0 Å². The zero-order valence-electron chi connectivity index (χ0n) is 36.2. The fraction of sp³-hybridized carbons (Fsp3) is 0.333. The summed E-state index contributed by atoms with van der Waals surface area (Å²) in [6.45, 7) is 5.59.